The Balaban J connectivity index is 1.69. The van der Waals surface area contributed by atoms with Gasteiger partial charge in [0.15, 0.2) is 0 Å². The van der Waals surface area contributed by atoms with Crippen molar-refractivity contribution in [3.8, 4) is 5.75 Å². The van der Waals surface area contributed by atoms with Crippen molar-refractivity contribution in [2.24, 2.45) is 17.6 Å². The fourth-order valence-electron chi connectivity index (χ4n) is 4.40. The molecule has 23 heavy (non-hydrogen) atoms. The number of piperidine rings is 3. The summed E-state index contributed by atoms with van der Waals surface area (Å²) in [5.74, 6) is 1.57. The molecule has 3 N–H and O–H groups in total. The number of hydrogen-bond acceptors (Lipinski definition) is 4. The summed E-state index contributed by atoms with van der Waals surface area (Å²) in [5.41, 5.74) is 8.65. The van der Waals surface area contributed by atoms with E-state index in [0.717, 1.165) is 36.0 Å². The first-order chi connectivity index (χ1) is 11.2. The lowest BCUT2D eigenvalue weighted by atomic mass is 9.73. The molecule has 4 heteroatoms. The van der Waals surface area contributed by atoms with Gasteiger partial charge in [-0.05, 0) is 61.1 Å². The Labute approximate surface area is 136 Å². The Hall–Kier alpha value is -1.91. The average molecular weight is 309 g/mol. The highest BCUT2D eigenvalue weighted by Gasteiger charge is 2.41. The number of phenolic OH excluding ortho intramolecular Hbond substituents is 1. The molecule has 4 nitrogen and oxygen atoms in total. The third-order valence-corrected chi connectivity index (χ3v) is 5.69. The number of hydrogen-bond donors (Lipinski definition) is 2. The zero-order valence-electron chi connectivity index (χ0n) is 13.2. The Kier molecular flexibility index (Phi) is 3.58. The van der Waals surface area contributed by atoms with Crippen LogP contribution in [0.1, 0.15) is 24.4 Å². The molecular formula is C19H23N3O. The van der Waals surface area contributed by atoms with Gasteiger partial charge >= 0.3 is 0 Å². The highest BCUT2D eigenvalue weighted by atomic mass is 16.3. The minimum Gasteiger partial charge on any atom is -0.508 e. The van der Waals surface area contributed by atoms with Gasteiger partial charge in [-0.25, -0.2) is 0 Å². The minimum atomic E-state index is -0.0594. The van der Waals surface area contributed by atoms with E-state index in [4.69, 9.17) is 5.73 Å². The molecule has 0 radical (unpaired) electrons. The van der Waals surface area contributed by atoms with Crippen LogP contribution in [0.15, 0.2) is 43.1 Å². The quantitative estimate of drug-likeness (QED) is 0.856. The van der Waals surface area contributed by atoms with Crippen LogP contribution in [0.3, 0.4) is 0 Å². The first-order valence-electron chi connectivity index (χ1n) is 8.37. The molecule has 0 spiro atoms. The first-order valence-corrected chi connectivity index (χ1v) is 8.37. The Morgan fingerprint density at radius 3 is 3.00 bits per heavy atom. The van der Waals surface area contributed by atoms with Crippen LogP contribution in [0, 0.1) is 11.8 Å². The fraction of sp³-hybridized carbons (Fsp3) is 0.421. The molecule has 1 aromatic carbocycles. The molecule has 1 aromatic heterocycles. The molecule has 5 rings (SSSR count). The standard InChI is InChI=1S/C19H23N3O/c1-2-12-11-22-8-6-13(12)9-18(22)19(20)15-5-7-21-17-4-3-14(23)10-16(15)17/h2-5,7,10,12-13,18-19,23H,1,6,8-9,11,20H2/t12-,13?,18?,19-/m0/s1. The van der Waals surface area contributed by atoms with Crippen molar-refractivity contribution >= 4 is 10.9 Å². The number of aromatic nitrogens is 1. The van der Waals surface area contributed by atoms with E-state index in [1.54, 1.807) is 12.1 Å². The van der Waals surface area contributed by atoms with Crippen molar-refractivity contribution in [3.63, 3.8) is 0 Å². The molecule has 2 bridgehead atoms. The topological polar surface area (TPSA) is 62.4 Å². The maximum Gasteiger partial charge on any atom is 0.116 e. The van der Waals surface area contributed by atoms with E-state index in [0.29, 0.717) is 17.9 Å². The number of rotatable bonds is 3. The lowest BCUT2D eigenvalue weighted by Crippen LogP contribution is -2.56. The van der Waals surface area contributed by atoms with Gasteiger partial charge in [-0.15, -0.1) is 6.58 Å². The van der Waals surface area contributed by atoms with E-state index in [1.807, 2.05) is 18.3 Å². The number of pyridine rings is 1. The Morgan fingerprint density at radius 1 is 1.39 bits per heavy atom. The van der Waals surface area contributed by atoms with Crippen LogP contribution < -0.4 is 5.73 Å². The van der Waals surface area contributed by atoms with Crippen molar-refractivity contribution < 1.29 is 5.11 Å². The first kappa shape index (κ1) is 14.7. The predicted molar refractivity (Wildman–Crippen MR) is 92.1 cm³/mol. The summed E-state index contributed by atoms with van der Waals surface area (Å²) in [6.07, 6.45) is 6.30. The summed E-state index contributed by atoms with van der Waals surface area (Å²) >= 11 is 0. The average Bonchev–Trinajstić information content (AvgIpc) is 2.60. The Bertz CT molecular complexity index is 744. The second-order valence-electron chi connectivity index (χ2n) is 6.87. The normalized spacial score (nSPS) is 31.2. The van der Waals surface area contributed by atoms with Crippen molar-refractivity contribution in [2.45, 2.75) is 24.9 Å². The molecule has 3 aliphatic heterocycles. The van der Waals surface area contributed by atoms with Crippen molar-refractivity contribution in [1.29, 1.82) is 0 Å². The van der Waals surface area contributed by atoms with Gasteiger partial charge in [-0.2, -0.15) is 0 Å². The number of aromatic hydroxyl groups is 1. The van der Waals surface area contributed by atoms with Crippen LogP contribution in [-0.4, -0.2) is 34.1 Å². The van der Waals surface area contributed by atoms with Gasteiger partial charge < -0.3 is 10.8 Å². The second-order valence-corrected chi connectivity index (χ2v) is 6.87. The lowest BCUT2D eigenvalue weighted by Gasteiger charge is -2.51. The highest BCUT2D eigenvalue weighted by Crippen LogP contribution is 2.41. The molecule has 3 unspecified atom stereocenters. The third-order valence-electron chi connectivity index (χ3n) is 5.69. The maximum absolute atomic E-state index is 9.83. The molecule has 0 saturated carbocycles. The summed E-state index contributed by atoms with van der Waals surface area (Å²) in [5, 5.41) is 10.8. The largest absolute Gasteiger partial charge is 0.508 e. The van der Waals surface area contributed by atoms with Gasteiger partial charge in [-0.1, -0.05) is 6.08 Å². The molecule has 2 aromatic rings. The van der Waals surface area contributed by atoms with E-state index >= 15 is 0 Å². The van der Waals surface area contributed by atoms with Crippen molar-refractivity contribution in [1.82, 2.24) is 9.88 Å². The van der Waals surface area contributed by atoms with E-state index in [1.165, 1.54) is 6.42 Å². The van der Waals surface area contributed by atoms with E-state index in [-0.39, 0.29) is 11.8 Å². The number of nitrogens with two attached hydrogens (primary N) is 1. The lowest BCUT2D eigenvalue weighted by molar-refractivity contribution is 0.00749. The predicted octanol–water partition coefficient (Wildman–Crippen LogP) is 2.84. The Morgan fingerprint density at radius 2 is 2.26 bits per heavy atom. The van der Waals surface area contributed by atoms with Crippen LogP contribution in [0.2, 0.25) is 0 Å². The van der Waals surface area contributed by atoms with Gasteiger partial charge in [0.2, 0.25) is 0 Å². The van der Waals surface area contributed by atoms with Gasteiger partial charge in [0.05, 0.1) is 5.52 Å². The number of fused-ring (bicyclic) bond motifs is 4. The van der Waals surface area contributed by atoms with Gasteiger partial charge in [-0.3, -0.25) is 9.88 Å². The molecule has 3 aliphatic rings. The van der Waals surface area contributed by atoms with Crippen LogP contribution in [0.25, 0.3) is 10.9 Å². The van der Waals surface area contributed by atoms with Gasteiger partial charge in [0, 0.05) is 30.2 Å². The highest BCUT2D eigenvalue weighted by molar-refractivity contribution is 5.83. The van der Waals surface area contributed by atoms with Crippen LogP contribution in [0.4, 0.5) is 0 Å². The monoisotopic (exact) mass is 309 g/mol. The SMILES string of the molecule is C=C[C@H]1CN2CCC1CC2[C@@H](N)c1ccnc2ccc(O)cc12. The molecule has 3 saturated heterocycles. The maximum atomic E-state index is 9.83. The molecule has 4 heterocycles. The summed E-state index contributed by atoms with van der Waals surface area (Å²) in [7, 11) is 0. The van der Waals surface area contributed by atoms with Crippen LogP contribution >= 0.6 is 0 Å². The van der Waals surface area contributed by atoms with Gasteiger partial charge in [0.1, 0.15) is 5.75 Å². The molecular weight excluding hydrogens is 286 g/mol. The molecule has 120 valence electrons. The van der Waals surface area contributed by atoms with Crippen molar-refractivity contribution in [2.75, 3.05) is 13.1 Å². The van der Waals surface area contributed by atoms with Crippen LogP contribution in [0.5, 0.6) is 5.75 Å². The minimum absolute atomic E-state index is 0.0594. The molecule has 0 amide bonds. The molecule has 3 fully saturated rings. The van der Waals surface area contributed by atoms with Crippen LogP contribution in [-0.2, 0) is 0 Å². The zero-order chi connectivity index (χ0) is 16.0. The second kappa shape index (κ2) is 5.62. The van der Waals surface area contributed by atoms with E-state index < -0.39 is 0 Å². The van der Waals surface area contributed by atoms with Crippen molar-refractivity contribution in [3.05, 3.63) is 48.7 Å². The number of benzene rings is 1. The summed E-state index contributed by atoms with van der Waals surface area (Å²) in [6.45, 7) is 6.18. The fourth-order valence-corrected chi connectivity index (χ4v) is 4.40. The van der Waals surface area contributed by atoms with E-state index in [9.17, 15) is 5.11 Å². The zero-order valence-corrected chi connectivity index (χ0v) is 13.2. The summed E-state index contributed by atoms with van der Waals surface area (Å²) < 4.78 is 0. The third kappa shape index (κ3) is 2.42. The number of phenols is 1. The van der Waals surface area contributed by atoms with Gasteiger partial charge in [0.25, 0.3) is 0 Å². The van der Waals surface area contributed by atoms with E-state index in [2.05, 4.69) is 22.5 Å². The molecule has 0 aliphatic carbocycles. The number of nitrogens with zero attached hydrogens (tertiary/aromatic N) is 2. The molecule has 5 atom stereocenters. The summed E-state index contributed by atoms with van der Waals surface area (Å²) in [6, 6.07) is 7.60. The summed E-state index contributed by atoms with van der Waals surface area (Å²) in [4.78, 5) is 6.91. The smallest absolute Gasteiger partial charge is 0.116 e.